The first-order valence-electron chi connectivity index (χ1n) is 5.91. The van der Waals surface area contributed by atoms with Crippen LogP contribution in [0.5, 0.6) is 0 Å². The minimum Gasteiger partial charge on any atom is -0.396 e. The summed E-state index contributed by atoms with van der Waals surface area (Å²) in [5, 5.41) is 12.3. The van der Waals surface area contributed by atoms with Gasteiger partial charge in [-0.25, -0.2) is 0 Å². The topological polar surface area (TPSA) is 52.6 Å². The second kappa shape index (κ2) is 4.94. The molecule has 0 aromatic carbocycles. The Labute approximate surface area is 90.6 Å². The number of carbonyl (C=O) groups excluding carboxylic acids is 1. The highest BCUT2D eigenvalue weighted by atomic mass is 16.3. The fraction of sp³-hybridized carbons (Fsp3) is 0.909. The Bertz CT molecular complexity index is 227. The monoisotopic (exact) mass is 212 g/mol. The summed E-state index contributed by atoms with van der Waals surface area (Å²) in [6, 6.07) is 0. The van der Waals surface area contributed by atoms with Crippen molar-refractivity contribution in [1.82, 2.24) is 10.2 Å². The van der Waals surface area contributed by atoms with Crippen molar-refractivity contribution in [2.45, 2.75) is 19.3 Å². The number of amides is 1. The second-order valence-electron chi connectivity index (χ2n) is 4.65. The molecule has 0 unspecified atom stereocenters. The van der Waals surface area contributed by atoms with Crippen LogP contribution >= 0.6 is 0 Å². The van der Waals surface area contributed by atoms with Crippen LogP contribution in [0.25, 0.3) is 0 Å². The maximum Gasteiger partial charge on any atom is 0.225 e. The molecular formula is C11H20N2O2. The fourth-order valence-electron chi connectivity index (χ4n) is 2.51. The van der Waals surface area contributed by atoms with Gasteiger partial charge in [0.2, 0.25) is 5.91 Å². The molecule has 2 aliphatic heterocycles. The van der Waals surface area contributed by atoms with Gasteiger partial charge in [-0.1, -0.05) is 0 Å². The molecule has 15 heavy (non-hydrogen) atoms. The van der Waals surface area contributed by atoms with E-state index in [0.717, 1.165) is 45.4 Å². The van der Waals surface area contributed by atoms with Crippen LogP contribution in [-0.4, -0.2) is 48.7 Å². The molecule has 2 saturated heterocycles. The lowest BCUT2D eigenvalue weighted by atomic mass is 9.97. The van der Waals surface area contributed by atoms with E-state index < -0.39 is 0 Å². The average Bonchev–Trinajstić information content (AvgIpc) is 2.78. The summed E-state index contributed by atoms with van der Waals surface area (Å²) in [6.07, 6.45) is 2.91. The molecule has 1 atom stereocenters. The van der Waals surface area contributed by atoms with Gasteiger partial charge in [0, 0.05) is 31.5 Å². The minimum atomic E-state index is 0.218. The molecular weight excluding hydrogens is 192 g/mol. The zero-order chi connectivity index (χ0) is 10.7. The first-order chi connectivity index (χ1) is 7.31. The summed E-state index contributed by atoms with van der Waals surface area (Å²) < 4.78 is 0. The van der Waals surface area contributed by atoms with Crippen LogP contribution in [0.1, 0.15) is 19.3 Å². The molecule has 0 aromatic rings. The third-order valence-corrected chi connectivity index (χ3v) is 3.54. The molecule has 2 rings (SSSR count). The smallest absolute Gasteiger partial charge is 0.225 e. The molecule has 0 radical (unpaired) electrons. The molecule has 0 saturated carbocycles. The van der Waals surface area contributed by atoms with E-state index >= 15 is 0 Å². The number of rotatable bonds is 2. The van der Waals surface area contributed by atoms with Gasteiger partial charge in [0.1, 0.15) is 0 Å². The van der Waals surface area contributed by atoms with E-state index in [1.54, 1.807) is 0 Å². The standard InChI is InChI=1S/C11H20N2O2/c14-8-9-3-6-13(7-9)11(15)10-1-4-12-5-2-10/h9-10,12,14H,1-8H2/t9-/m1/s1. The van der Waals surface area contributed by atoms with Crippen LogP contribution in [0.4, 0.5) is 0 Å². The van der Waals surface area contributed by atoms with E-state index in [4.69, 9.17) is 5.11 Å². The normalized spacial score (nSPS) is 28.3. The quantitative estimate of drug-likeness (QED) is 0.668. The number of piperidine rings is 1. The van der Waals surface area contributed by atoms with Gasteiger partial charge in [-0.3, -0.25) is 4.79 Å². The summed E-state index contributed by atoms with van der Waals surface area (Å²) in [7, 11) is 0. The van der Waals surface area contributed by atoms with Crippen molar-refractivity contribution in [3.8, 4) is 0 Å². The van der Waals surface area contributed by atoms with E-state index in [2.05, 4.69) is 5.32 Å². The van der Waals surface area contributed by atoms with Crippen molar-refractivity contribution in [3.05, 3.63) is 0 Å². The molecule has 0 spiro atoms. The highest BCUT2D eigenvalue weighted by molar-refractivity contribution is 5.79. The van der Waals surface area contributed by atoms with Crippen LogP contribution in [0.3, 0.4) is 0 Å². The van der Waals surface area contributed by atoms with E-state index in [1.807, 2.05) is 4.90 Å². The predicted octanol–water partition coefficient (Wildman–Crippen LogP) is -0.173. The molecule has 2 heterocycles. The molecule has 2 fully saturated rings. The van der Waals surface area contributed by atoms with Gasteiger partial charge in [0.25, 0.3) is 0 Å². The maximum atomic E-state index is 12.1. The van der Waals surface area contributed by atoms with Gasteiger partial charge in [0.05, 0.1) is 0 Å². The van der Waals surface area contributed by atoms with E-state index in [-0.39, 0.29) is 12.5 Å². The summed E-state index contributed by atoms with van der Waals surface area (Å²) >= 11 is 0. The molecule has 2 N–H and O–H groups in total. The number of carbonyl (C=O) groups is 1. The minimum absolute atomic E-state index is 0.218. The van der Waals surface area contributed by atoms with Crippen molar-refractivity contribution in [2.75, 3.05) is 32.8 Å². The van der Waals surface area contributed by atoms with Crippen LogP contribution in [0, 0.1) is 11.8 Å². The average molecular weight is 212 g/mol. The number of nitrogens with zero attached hydrogens (tertiary/aromatic N) is 1. The van der Waals surface area contributed by atoms with Crippen LogP contribution in [-0.2, 0) is 4.79 Å². The molecule has 4 nitrogen and oxygen atoms in total. The first-order valence-corrected chi connectivity index (χ1v) is 5.91. The number of hydrogen-bond donors (Lipinski definition) is 2. The zero-order valence-electron chi connectivity index (χ0n) is 9.11. The second-order valence-corrected chi connectivity index (χ2v) is 4.65. The molecule has 0 aliphatic carbocycles. The summed E-state index contributed by atoms with van der Waals surface area (Å²) in [6.45, 7) is 3.75. The lowest BCUT2D eigenvalue weighted by molar-refractivity contribution is -0.135. The largest absolute Gasteiger partial charge is 0.396 e. The van der Waals surface area contributed by atoms with Gasteiger partial charge >= 0.3 is 0 Å². The first kappa shape index (κ1) is 10.9. The Kier molecular flexibility index (Phi) is 3.59. The van der Waals surface area contributed by atoms with Crippen LogP contribution in [0.15, 0.2) is 0 Å². The Morgan fingerprint density at radius 1 is 1.33 bits per heavy atom. The number of hydrogen-bond acceptors (Lipinski definition) is 3. The number of likely N-dealkylation sites (tertiary alicyclic amines) is 1. The Hall–Kier alpha value is -0.610. The van der Waals surface area contributed by atoms with Crippen molar-refractivity contribution in [2.24, 2.45) is 11.8 Å². The fourth-order valence-corrected chi connectivity index (χ4v) is 2.51. The van der Waals surface area contributed by atoms with Crippen molar-refractivity contribution in [1.29, 1.82) is 0 Å². The van der Waals surface area contributed by atoms with Crippen LogP contribution < -0.4 is 5.32 Å². The SMILES string of the molecule is O=C(C1CCNCC1)N1CC[C@@H](CO)C1. The molecule has 0 aromatic heterocycles. The van der Waals surface area contributed by atoms with Gasteiger partial charge in [0.15, 0.2) is 0 Å². The lowest BCUT2D eigenvalue weighted by Gasteiger charge is -2.26. The summed E-state index contributed by atoms with van der Waals surface area (Å²) in [5.41, 5.74) is 0. The number of aliphatic hydroxyl groups excluding tert-OH is 1. The highest BCUT2D eigenvalue weighted by Crippen LogP contribution is 2.21. The van der Waals surface area contributed by atoms with Gasteiger partial charge in [-0.05, 0) is 32.4 Å². The summed E-state index contributed by atoms with van der Waals surface area (Å²) in [5.74, 6) is 0.854. The van der Waals surface area contributed by atoms with Crippen LogP contribution in [0.2, 0.25) is 0 Å². The van der Waals surface area contributed by atoms with E-state index in [9.17, 15) is 4.79 Å². The molecule has 1 amide bonds. The van der Waals surface area contributed by atoms with E-state index in [1.165, 1.54) is 0 Å². The Morgan fingerprint density at radius 3 is 2.67 bits per heavy atom. The zero-order valence-corrected chi connectivity index (χ0v) is 9.11. The van der Waals surface area contributed by atoms with Crippen molar-refractivity contribution < 1.29 is 9.90 Å². The van der Waals surface area contributed by atoms with Gasteiger partial charge in [-0.2, -0.15) is 0 Å². The number of aliphatic hydroxyl groups is 1. The highest BCUT2D eigenvalue weighted by Gasteiger charge is 2.30. The predicted molar refractivity (Wildman–Crippen MR) is 57.4 cm³/mol. The number of nitrogens with one attached hydrogen (secondary N) is 1. The third kappa shape index (κ3) is 2.49. The molecule has 86 valence electrons. The van der Waals surface area contributed by atoms with E-state index in [0.29, 0.717) is 11.8 Å². The Morgan fingerprint density at radius 2 is 2.07 bits per heavy atom. The lowest BCUT2D eigenvalue weighted by Crippen LogP contribution is -2.40. The van der Waals surface area contributed by atoms with Gasteiger partial charge in [-0.15, -0.1) is 0 Å². The van der Waals surface area contributed by atoms with Gasteiger partial charge < -0.3 is 15.3 Å². The molecule has 0 bridgehead atoms. The third-order valence-electron chi connectivity index (χ3n) is 3.54. The Balaban J connectivity index is 1.85. The maximum absolute atomic E-state index is 12.1. The van der Waals surface area contributed by atoms with Crippen molar-refractivity contribution in [3.63, 3.8) is 0 Å². The van der Waals surface area contributed by atoms with Crippen molar-refractivity contribution >= 4 is 5.91 Å². The summed E-state index contributed by atoms with van der Waals surface area (Å²) in [4.78, 5) is 14.0. The molecule has 4 heteroatoms. The molecule has 2 aliphatic rings.